The number of rotatable bonds is 3. The van der Waals surface area contributed by atoms with E-state index in [2.05, 4.69) is 55.1 Å². The minimum absolute atomic E-state index is 0.756. The van der Waals surface area contributed by atoms with Crippen LogP contribution in [0.5, 0.6) is 0 Å². The molecule has 41 heavy (non-hydrogen) atoms. The summed E-state index contributed by atoms with van der Waals surface area (Å²) in [7, 11) is 0. The fraction of sp³-hybridized carbons (Fsp3) is 0.0270. The topological polar surface area (TPSA) is 52.6 Å². The van der Waals surface area contributed by atoms with E-state index < -0.39 is 0 Å². The lowest BCUT2D eigenvalue weighted by molar-refractivity contribution is 0.603. The maximum absolute atomic E-state index is 6.31. The molecule has 0 saturated carbocycles. The number of allylic oxidation sites excluding steroid dienone is 1. The van der Waals surface area contributed by atoms with Gasteiger partial charge < -0.3 is 17.7 Å². The number of para-hydroxylation sites is 1. The van der Waals surface area contributed by atoms with Gasteiger partial charge in [0.2, 0.25) is 0 Å². The van der Waals surface area contributed by atoms with E-state index in [1.807, 2.05) is 55.5 Å². The van der Waals surface area contributed by atoms with Crippen LogP contribution in [0.3, 0.4) is 0 Å². The van der Waals surface area contributed by atoms with Crippen LogP contribution in [-0.2, 0) is 0 Å². The molecule has 0 N–H and O–H groups in total. The third-order valence-corrected chi connectivity index (χ3v) is 8.18. The van der Waals surface area contributed by atoms with Crippen molar-refractivity contribution < 1.29 is 17.7 Å². The fourth-order valence-electron chi connectivity index (χ4n) is 6.42. The van der Waals surface area contributed by atoms with Crippen LogP contribution < -0.4 is 0 Å². The summed E-state index contributed by atoms with van der Waals surface area (Å²) in [5.41, 5.74) is 9.13. The van der Waals surface area contributed by atoms with Gasteiger partial charge in [0.05, 0.1) is 0 Å². The van der Waals surface area contributed by atoms with Crippen LogP contribution in [0.4, 0.5) is 0 Å². The summed E-state index contributed by atoms with van der Waals surface area (Å²) >= 11 is 0. The lowest BCUT2D eigenvalue weighted by Gasteiger charge is -2.03. The van der Waals surface area contributed by atoms with Crippen molar-refractivity contribution in [1.29, 1.82) is 0 Å². The molecule has 4 nitrogen and oxygen atoms in total. The first-order valence-electron chi connectivity index (χ1n) is 13.7. The largest absolute Gasteiger partial charge is 0.456 e. The van der Waals surface area contributed by atoms with Gasteiger partial charge in [0.25, 0.3) is 0 Å². The molecule has 0 spiro atoms. The predicted molar refractivity (Wildman–Crippen MR) is 168 cm³/mol. The highest BCUT2D eigenvalue weighted by Crippen LogP contribution is 2.43. The van der Waals surface area contributed by atoms with Crippen LogP contribution in [0.15, 0.2) is 115 Å². The standard InChI is InChI=1S/C37H22O4/c1-3-7-22-26(4-2)38-30-14-16-32-36(34(22)30)24-18-20(10-12-28(24)40-32)21-11-13-29-25(19-21)37-33(41-29)17-15-31-35(37)23-8-5-6-9-27(23)39-31/h3-19H,2H2,1H3/b7-3-. The van der Waals surface area contributed by atoms with Gasteiger partial charge in [-0.05, 0) is 78.7 Å². The molecule has 0 amide bonds. The van der Waals surface area contributed by atoms with Gasteiger partial charge in [-0.15, -0.1) is 0 Å². The van der Waals surface area contributed by atoms with Gasteiger partial charge in [-0.2, -0.15) is 0 Å². The number of benzene rings is 5. The Kier molecular flexibility index (Phi) is 4.37. The second kappa shape index (κ2) is 8.03. The van der Waals surface area contributed by atoms with E-state index in [0.717, 1.165) is 99.2 Å². The lowest BCUT2D eigenvalue weighted by Crippen LogP contribution is -1.79. The van der Waals surface area contributed by atoms with Crippen LogP contribution in [0.1, 0.15) is 18.2 Å². The van der Waals surface area contributed by atoms with E-state index in [0.29, 0.717) is 0 Å². The van der Waals surface area contributed by atoms with E-state index in [-0.39, 0.29) is 0 Å². The Morgan fingerprint density at radius 1 is 0.512 bits per heavy atom. The Morgan fingerprint density at radius 3 is 1.59 bits per heavy atom. The molecule has 0 unspecified atom stereocenters. The number of hydrogen-bond acceptors (Lipinski definition) is 4. The van der Waals surface area contributed by atoms with Gasteiger partial charge in [-0.3, -0.25) is 0 Å². The molecule has 0 aliphatic rings. The second-order valence-corrected chi connectivity index (χ2v) is 10.4. The molecule has 0 fully saturated rings. The first kappa shape index (κ1) is 22.3. The minimum Gasteiger partial charge on any atom is -0.456 e. The maximum atomic E-state index is 6.31. The first-order chi connectivity index (χ1) is 20.2. The van der Waals surface area contributed by atoms with Crippen molar-refractivity contribution in [1.82, 2.24) is 0 Å². The average molecular weight is 531 g/mol. The molecule has 0 saturated heterocycles. The van der Waals surface area contributed by atoms with Gasteiger partial charge in [0.1, 0.15) is 44.8 Å². The molecule has 4 aromatic heterocycles. The Morgan fingerprint density at radius 2 is 1.00 bits per heavy atom. The van der Waals surface area contributed by atoms with E-state index >= 15 is 0 Å². The summed E-state index contributed by atoms with van der Waals surface area (Å²) < 4.78 is 24.9. The van der Waals surface area contributed by atoms with Crippen LogP contribution in [-0.4, -0.2) is 0 Å². The van der Waals surface area contributed by atoms with Gasteiger partial charge in [-0.25, -0.2) is 0 Å². The molecule has 4 heteroatoms. The Labute approximate surface area is 233 Å². The van der Waals surface area contributed by atoms with E-state index in [9.17, 15) is 0 Å². The average Bonchev–Trinajstić information content (AvgIpc) is 3.75. The summed E-state index contributed by atoms with van der Waals surface area (Å²) in [6, 6.07) is 28.9. The molecule has 0 aliphatic heterocycles. The normalized spacial score (nSPS) is 12.5. The maximum Gasteiger partial charge on any atom is 0.136 e. The van der Waals surface area contributed by atoms with Crippen molar-refractivity contribution in [3.8, 4) is 11.1 Å². The SMILES string of the molecule is C=Cc1oc2ccc3oc4ccc(-c5ccc6oc7ccc8oc9ccccc9c8c7c6c5)cc4c3c2c1/C=C\C. The molecular weight excluding hydrogens is 508 g/mol. The third kappa shape index (κ3) is 2.99. The Bertz CT molecular complexity index is 2560. The van der Waals surface area contributed by atoms with Gasteiger partial charge in [0.15, 0.2) is 0 Å². The zero-order valence-electron chi connectivity index (χ0n) is 22.2. The van der Waals surface area contributed by atoms with Crippen molar-refractivity contribution in [2.45, 2.75) is 6.92 Å². The Hall–Kier alpha value is -5.48. The van der Waals surface area contributed by atoms with Gasteiger partial charge in [-0.1, -0.05) is 49.1 Å². The van der Waals surface area contributed by atoms with Crippen LogP contribution in [0.25, 0.3) is 100 Å². The zero-order chi connectivity index (χ0) is 27.2. The van der Waals surface area contributed by atoms with Gasteiger partial charge in [0, 0.05) is 43.3 Å². The van der Waals surface area contributed by atoms with Crippen molar-refractivity contribution >= 4 is 88.9 Å². The van der Waals surface area contributed by atoms with E-state index in [1.165, 1.54) is 0 Å². The van der Waals surface area contributed by atoms with Crippen LogP contribution >= 0.6 is 0 Å². The van der Waals surface area contributed by atoms with Crippen LogP contribution in [0, 0.1) is 0 Å². The molecule has 5 aromatic carbocycles. The van der Waals surface area contributed by atoms with Crippen molar-refractivity contribution in [2.24, 2.45) is 0 Å². The number of furan rings is 4. The van der Waals surface area contributed by atoms with Crippen molar-refractivity contribution in [3.63, 3.8) is 0 Å². The summed E-state index contributed by atoms with van der Waals surface area (Å²) in [4.78, 5) is 0. The van der Waals surface area contributed by atoms with E-state index in [4.69, 9.17) is 17.7 Å². The molecule has 9 rings (SSSR count). The summed E-state index contributed by atoms with van der Waals surface area (Å²) in [5.74, 6) is 0.756. The fourth-order valence-corrected chi connectivity index (χ4v) is 6.42. The molecule has 0 bridgehead atoms. The van der Waals surface area contributed by atoms with Gasteiger partial charge >= 0.3 is 0 Å². The molecule has 9 aromatic rings. The summed E-state index contributed by atoms with van der Waals surface area (Å²) in [6.45, 7) is 5.97. The highest BCUT2D eigenvalue weighted by molar-refractivity contribution is 6.26. The van der Waals surface area contributed by atoms with Crippen molar-refractivity contribution in [2.75, 3.05) is 0 Å². The molecule has 0 aliphatic carbocycles. The number of fused-ring (bicyclic) bond motifs is 12. The quantitative estimate of drug-likeness (QED) is 0.228. The number of hydrogen-bond donors (Lipinski definition) is 0. The smallest absolute Gasteiger partial charge is 0.136 e. The minimum atomic E-state index is 0.756. The highest BCUT2D eigenvalue weighted by Gasteiger charge is 2.20. The van der Waals surface area contributed by atoms with Crippen LogP contribution in [0.2, 0.25) is 0 Å². The lowest BCUT2D eigenvalue weighted by atomic mass is 9.98. The third-order valence-electron chi connectivity index (χ3n) is 8.18. The molecule has 194 valence electrons. The van der Waals surface area contributed by atoms with E-state index in [1.54, 1.807) is 6.08 Å². The second-order valence-electron chi connectivity index (χ2n) is 10.4. The Balaban J connectivity index is 1.33. The predicted octanol–water partition coefficient (Wildman–Crippen LogP) is 11.5. The molecule has 4 heterocycles. The molecule has 0 atom stereocenters. The highest BCUT2D eigenvalue weighted by atomic mass is 16.3. The summed E-state index contributed by atoms with van der Waals surface area (Å²) in [6.07, 6.45) is 5.86. The van der Waals surface area contributed by atoms with Crippen molar-refractivity contribution in [3.05, 3.63) is 109 Å². The molecular formula is C37H22O4. The molecule has 0 radical (unpaired) electrons. The summed E-state index contributed by atoms with van der Waals surface area (Å²) in [5, 5.41) is 7.45. The monoisotopic (exact) mass is 530 g/mol. The first-order valence-corrected chi connectivity index (χ1v) is 13.7. The zero-order valence-corrected chi connectivity index (χ0v) is 22.2.